The molecule has 0 saturated heterocycles. The van der Waals surface area contributed by atoms with Crippen molar-refractivity contribution in [1.29, 1.82) is 0 Å². The largest absolute Gasteiger partial charge is 0.454 e. The highest BCUT2D eigenvalue weighted by Crippen LogP contribution is 2.36. The fourth-order valence-corrected chi connectivity index (χ4v) is 4.52. The molecular formula is C24H18ClFN4O3S. The Morgan fingerprint density at radius 3 is 2.68 bits per heavy atom. The number of carbonyl (C=O) groups excluding carboxylic acids is 1. The lowest BCUT2D eigenvalue weighted by atomic mass is 10.2. The fourth-order valence-electron chi connectivity index (χ4n) is 3.44. The molecule has 7 nitrogen and oxygen atoms in total. The number of ether oxygens (including phenoxy) is 2. The van der Waals surface area contributed by atoms with Gasteiger partial charge in [0.15, 0.2) is 22.5 Å². The van der Waals surface area contributed by atoms with E-state index in [1.807, 2.05) is 6.07 Å². The van der Waals surface area contributed by atoms with Crippen molar-refractivity contribution in [2.45, 2.75) is 17.3 Å². The average molecular weight is 497 g/mol. The Morgan fingerprint density at radius 1 is 1.09 bits per heavy atom. The molecule has 1 atom stereocenters. The molecule has 0 fully saturated rings. The first kappa shape index (κ1) is 22.2. The maximum Gasteiger partial charge on any atom is 0.237 e. The summed E-state index contributed by atoms with van der Waals surface area (Å²) in [5.74, 6) is 0.870. The van der Waals surface area contributed by atoms with Gasteiger partial charge in [-0.2, -0.15) is 0 Å². The molecular weight excluding hydrogens is 479 g/mol. The first-order valence-electron chi connectivity index (χ1n) is 10.3. The second-order valence-electron chi connectivity index (χ2n) is 7.39. The molecule has 1 aliphatic heterocycles. The highest BCUT2D eigenvalue weighted by atomic mass is 35.5. The molecule has 3 aromatic carbocycles. The second-order valence-corrected chi connectivity index (χ2v) is 9.11. The minimum atomic E-state index is -0.570. The normalized spacial score (nSPS) is 13.0. The molecule has 10 heteroatoms. The predicted molar refractivity (Wildman–Crippen MR) is 128 cm³/mol. The Balaban J connectivity index is 1.45. The van der Waals surface area contributed by atoms with Crippen molar-refractivity contribution in [3.8, 4) is 28.6 Å². The first-order valence-corrected chi connectivity index (χ1v) is 11.6. The number of nitrogens with one attached hydrogen (secondary N) is 1. The first-order chi connectivity index (χ1) is 16.5. The molecule has 1 aliphatic rings. The zero-order chi connectivity index (χ0) is 23.7. The number of anilines is 1. The predicted octanol–water partition coefficient (Wildman–Crippen LogP) is 5.57. The minimum absolute atomic E-state index is 0.151. The number of hydrogen-bond donors (Lipinski definition) is 1. The smallest absolute Gasteiger partial charge is 0.237 e. The summed E-state index contributed by atoms with van der Waals surface area (Å²) in [5, 5.41) is 11.6. The Kier molecular flexibility index (Phi) is 6.12. The van der Waals surface area contributed by atoms with Crippen LogP contribution >= 0.6 is 23.4 Å². The van der Waals surface area contributed by atoms with E-state index in [2.05, 4.69) is 15.5 Å². The summed E-state index contributed by atoms with van der Waals surface area (Å²) in [6.45, 7) is 1.89. The molecule has 172 valence electrons. The van der Waals surface area contributed by atoms with Gasteiger partial charge in [0.1, 0.15) is 5.82 Å². The van der Waals surface area contributed by atoms with Crippen molar-refractivity contribution in [3.63, 3.8) is 0 Å². The van der Waals surface area contributed by atoms with Crippen LogP contribution in [0.3, 0.4) is 0 Å². The number of thioether (sulfide) groups is 1. The van der Waals surface area contributed by atoms with Crippen LogP contribution in [-0.2, 0) is 4.79 Å². The van der Waals surface area contributed by atoms with E-state index in [4.69, 9.17) is 21.1 Å². The van der Waals surface area contributed by atoms with E-state index in [0.29, 0.717) is 38.8 Å². The summed E-state index contributed by atoms with van der Waals surface area (Å²) in [4.78, 5) is 12.9. The second kappa shape index (κ2) is 9.36. The maximum absolute atomic E-state index is 14.8. The third kappa shape index (κ3) is 4.32. The van der Waals surface area contributed by atoms with Crippen LogP contribution in [0.1, 0.15) is 6.92 Å². The summed E-state index contributed by atoms with van der Waals surface area (Å²) >= 11 is 7.55. The van der Waals surface area contributed by atoms with E-state index in [1.54, 1.807) is 66.1 Å². The van der Waals surface area contributed by atoms with Crippen LogP contribution in [0, 0.1) is 5.82 Å². The number of rotatable bonds is 6. The summed E-state index contributed by atoms with van der Waals surface area (Å²) < 4.78 is 27.0. The molecule has 0 saturated carbocycles. The molecule has 1 unspecified atom stereocenters. The van der Waals surface area contributed by atoms with Gasteiger partial charge in [-0.05, 0) is 43.3 Å². The van der Waals surface area contributed by atoms with E-state index in [9.17, 15) is 9.18 Å². The maximum atomic E-state index is 14.8. The van der Waals surface area contributed by atoms with Gasteiger partial charge in [0.25, 0.3) is 0 Å². The number of halogens is 2. The highest BCUT2D eigenvalue weighted by molar-refractivity contribution is 8.00. The van der Waals surface area contributed by atoms with Gasteiger partial charge in [-0.1, -0.05) is 47.6 Å². The van der Waals surface area contributed by atoms with Crippen LogP contribution in [-0.4, -0.2) is 32.7 Å². The number of hydrogen-bond acceptors (Lipinski definition) is 6. The topological polar surface area (TPSA) is 78.3 Å². The van der Waals surface area contributed by atoms with Gasteiger partial charge in [-0.3, -0.25) is 9.36 Å². The Labute approximate surface area is 203 Å². The minimum Gasteiger partial charge on any atom is -0.454 e. The number of para-hydroxylation sites is 1. The Hall–Kier alpha value is -3.56. The fraction of sp³-hybridized carbons (Fsp3) is 0.125. The van der Waals surface area contributed by atoms with Gasteiger partial charge in [0.2, 0.25) is 12.7 Å². The number of benzene rings is 3. The summed E-state index contributed by atoms with van der Waals surface area (Å²) in [7, 11) is 0. The van der Waals surface area contributed by atoms with E-state index in [-0.39, 0.29) is 18.4 Å². The van der Waals surface area contributed by atoms with Crippen LogP contribution in [0.2, 0.25) is 5.02 Å². The number of fused-ring (bicyclic) bond motifs is 1. The summed E-state index contributed by atoms with van der Waals surface area (Å²) in [6, 6.07) is 18.6. The zero-order valence-corrected chi connectivity index (χ0v) is 19.4. The molecule has 0 aliphatic carbocycles. The van der Waals surface area contributed by atoms with Crippen LogP contribution in [0.5, 0.6) is 11.5 Å². The monoisotopic (exact) mass is 496 g/mol. The summed E-state index contributed by atoms with van der Waals surface area (Å²) in [6.07, 6.45) is 0. The zero-order valence-electron chi connectivity index (χ0n) is 17.9. The van der Waals surface area contributed by atoms with Crippen LogP contribution in [0.25, 0.3) is 17.1 Å². The van der Waals surface area contributed by atoms with Gasteiger partial charge >= 0.3 is 0 Å². The third-order valence-electron chi connectivity index (χ3n) is 5.13. The lowest BCUT2D eigenvalue weighted by molar-refractivity contribution is -0.115. The standard InChI is InChI=1S/C24H18ClFN4O3S/c1-14(23(31)27-15-10-11-20-21(12-15)33-13-32-20)34-24-29-28-22(16-6-2-3-7-17(16)25)30(24)19-9-5-4-8-18(19)26/h2-12,14H,13H2,1H3,(H,27,31). The van der Waals surface area contributed by atoms with E-state index < -0.39 is 11.1 Å². The number of amides is 1. The number of nitrogens with zero attached hydrogens (tertiary/aromatic N) is 3. The van der Waals surface area contributed by atoms with Crippen LogP contribution in [0.4, 0.5) is 10.1 Å². The lowest BCUT2D eigenvalue weighted by Gasteiger charge is -2.15. The van der Waals surface area contributed by atoms with Crippen molar-refractivity contribution < 1.29 is 18.7 Å². The van der Waals surface area contributed by atoms with E-state index in [0.717, 1.165) is 11.8 Å². The van der Waals surface area contributed by atoms with Crippen LogP contribution < -0.4 is 14.8 Å². The molecule has 0 spiro atoms. The lowest BCUT2D eigenvalue weighted by Crippen LogP contribution is -2.23. The van der Waals surface area contributed by atoms with E-state index >= 15 is 0 Å². The van der Waals surface area contributed by atoms with Gasteiger partial charge in [0, 0.05) is 17.3 Å². The third-order valence-corrected chi connectivity index (χ3v) is 6.51. The van der Waals surface area contributed by atoms with Gasteiger partial charge in [-0.25, -0.2) is 4.39 Å². The molecule has 0 radical (unpaired) electrons. The van der Waals surface area contributed by atoms with Crippen LogP contribution in [0.15, 0.2) is 71.9 Å². The highest BCUT2D eigenvalue weighted by Gasteiger charge is 2.24. The molecule has 2 heterocycles. The Bertz CT molecular complexity index is 1380. The van der Waals surface area contributed by atoms with Crippen molar-refractivity contribution in [1.82, 2.24) is 14.8 Å². The molecule has 4 aromatic rings. The molecule has 1 amide bonds. The SMILES string of the molecule is CC(Sc1nnc(-c2ccccc2Cl)n1-c1ccccc1F)C(=O)Nc1ccc2c(c1)OCO2. The van der Waals surface area contributed by atoms with Crippen molar-refractivity contribution >= 4 is 35.0 Å². The number of carbonyl (C=O) groups is 1. The van der Waals surface area contributed by atoms with Gasteiger partial charge in [-0.15, -0.1) is 10.2 Å². The van der Waals surface area contributed by atoms with Crippen molar-refractivity contribution in [2.75, 3.05) is 12.1 Å². The quantitative estimate of drug-likeness (QED) is 0.351. The van der Waals surface area contributed by atoms with Crippen molar-refractivity contribution in [2.24, 2.45) is 0 Å². The average Bonchev–Trinajstić information content (AvgIpc) is 3.46. The summed E-state index contributed by atoms with van der Waals surface area (Å²) in [5.41, 5.74) is 1.44. The molecule has 0 bridgehead atoms. The van der Waals surface area contributed by atoms with Gasteiger partial charge in [0.05, 0.1) is 16.0 Å². The molecule has 5 rings (SSSR count). The molecule has 1 N–H and O–H groups in total. The van der Waals surface area contributed by atoms with Crippen molar-refractivity contribution in [3.05, 3.63) is 77.6 Å². The molecule has 34 heavy (non-hydrogen) atoms. The molecule has 1 aromatic heterocycles. The van der Waals surface area contributed by atoms with Gasteiger partial charge < -0.3 is 14.8 Å². The van der Waals surface area contributed by atoms with E-state index in [1.165, 1.54) is 6.07 Å². The Morgan fingerprint density at radius 2 is 1.85 bits per heavy atom. The number of aromatic nitrogens is 3.